The van der Waals surface area contributed by atoms with Gasteiger partial charge in [0.25, 0.3) is 11.8 Å². The van der Waals surface area contributed by atoms with Crippen LogP contribution in [0.2, 0.25) is 0 Å². The summed E-state index contributed by atoms with van der Waals surface area (Å²) < 4.78 is 16.8. The van der Waals surface area contributed by atoms with Gasteiger partial charge in [-0.05, 0) is 56.7 Å². The first-order valence-electron chi connectivity index (χ1n) is 10.9. The Morgan fingerprint density at radius 3 is 2.84 bits per heavy atom. The Bertz CT molecular complexity index is 942. The lowest BCUT2D eigenvalue weighted by Gasteiger charge is -2.25. The average molecular weight is 445 g/mol. The minimum absolute atomic E-state index is 0.132. The van der Waals surface area contributed by atoms with E-state index < -0.39 is 6.10 Å². The predicted octanol–water partition coefficient (Wildman–Crippen LogP) is 3.56. The molecule has 1 aromatic carbocycles. The maximum atomic E-state index is 13.0. The van der Waals surface area contributed by atoms with Gasteiger partial charge in [-0.15, -0.1) is 11.3 Å². The van der Waals surface area contributed by atoms with Crippen molar-refractivity contribution in [3.05, 3.63) is 40.3 Å². The van der Waals surface area contributed by atoms with Gasteiger partial charge < -0.3 is 24.8 Å². The number of para-hydroxylation sites is 2. The molecule has 1 aliphatic carbocycles. The number of amides is 2. The monoisotopic (exact) mass is 444 g/mol. The Morgan fingerprint density at radius 1 is 1.19 bits per heavy atom. The normalized spacial score (nSPS) is 17.0. The highest BCUT2D eigenvalue weighted by molar-refractivity contribution is 7.17. The maximum absolute atomic E-state index is 13.0. The van der Waals surface area contributed by atoms with Crippen molar-refractivity contribution in [2.45, 2.75) is 45.1 Å². The summed E-state index contributed by atoms with van der Waals surface area (Å²) in [5, 5.41) is 6.53. The van der Waals surface area contributed by atoms with E-state index >= 15 is 0 Å². The first kappa shape index (κ1) is 21.6. The van der Waals surface area contributed by atoms with E-state index in [0.717, 1.165) is 37.7 Å². The van der Waals surface area contributed by atoms with Crippen LogP contribution in [0, 0.1) is 0 Å². The van der Waals surface area contributed by atoms with E-state index in [9.17, 15) is 9.59 Å². The molecule has 31 heavy (non-hydrogen) atoms. The lowest BCUT2D eigenvalue weighted by Crippen LogP contribution is -2.40. The fourth-order valence-electron chi connectivity index (χ4n) is 3.84. The van der Waals surface area contributed by atoms with Gasteiger partial charge in [-0.2, -0.15) is 0 Å². The number of anilines is 1. The molecular formula is C23H28N2O5S. The standard InChI is InChI=1S/C23H28N2O5S/c1-2-28-13-7-12-24-22(27)20-15-8-3-6-11-19(15)31-23(20)25-21(26)18-14-29-16-9-4-5-10-17(16)30-18/h4-5,9-10,18H,2-3,6-8,11-14H2,1H3,(H,24,27)(H,25,26)/t18-/m0/s1. The summed E-state index contributed by atoms with van der Waals surface area (Å²) in [7, 11) is 0. The van der Waals surface area contributed by atoms with E-state index in [2.05, 4.69) is 10.6 Å². The first-order chi connectivity index (χ1) is 15.2. The predicted molar refractivity (Wildman–Crippen MR) is 119 cm³/mol. The second-order valence-corrected chi connectivity index (χ2v) is 8.68. The van der Waals surface area contributed by atoms with Gasteiger partial charge in [0, 0.05) is 24.6 Å². The van der Waals surface area contributed by atoms with Crippen molar-refractivity contribution in [1.82, 2.24) is 5.32 Å². The third-order valence-corrected chi connectivity index (χ3v) is 6.60. The highest BCUT2D eigenvalue weighted by atomic mass is 32.1. The van der Waals surface area contributed by atoms with Crippen LogP contribution in [0.5, 0.6) is 11.5 Å². The molecule has 7 nitrogen and oxygen atoms in total. The van der Waals surface area contributed by atoms with Crippen molar-refractivity contribution in [3.63, 3.8) is 0 Å². The van der Waals surface area contributed by atoms with Crippen LogP contribution in [0.1, 0.15) is 47.0 Å². The number of hydrogen-bond acceptors (Lipinski definition) is 6. The molecule has 0 radical (unpaired) electrons. The Balaban J connectivity index is 1.47. The number of hydrogen-bond donors (Lipinski definition) is 2. The van der Waals surface area contributed by atoms with Crippen LogP contribution in [-0.2, 0) is 22.4 Å². The van der Waals surface area contributed by atoms with Gasteiger partial charge in [-0.25, -0.2) is 0 Å². The largest absolute Gasteiger partial charge is 0.485 e. The third-order valence-electron chi connectivity index (χ3n) is 5.39. The number of aryl methyl sites for hydroxylation is 1. The smallest absolute Gasteiger partial charge is 0.269 e. The molecule has 4 rings (SSSR count). The topological polar surface area (TPSA) is 85.9 Å². The third kappa shape index (κ3) is 5.02. The van der Waals surface area contributed by atoms with Gasteiger partial charge in [-0.1, -0.05) is 12.1 Å². The second kappa shape index (κ2) is 10.2. The molecule has 8 heteroatoms. The summed E-state index contributed by atoms with van der Waals surface area (Å²) in [4.78, 5) is 27.1. The van der Waals surface area contributed by atoms with Gasteiger partial charge in [0.15, 0.2) is 11.5 Å². The van der Waals surface area contributed by atoms with Crippen molar-refractivity contribution in [2.24, 2.45) is 0 Å². The number of carbonyl (C=O) groups is 2. The van der Waals surface area contributed by atoms with Crippen LogP contribution in [0.3, 0.4) is 0 Å². The SMILES string of the molecule is CCOCCCNC(=O)c1c(NC(=O)[C@@H]2COc3ccccc3O2)sc2c1CCCC2. The van der Waals surface area contributed by atoms with Gasteiger partial charge in [-0.3, -0.25) is 9.59 Å². The number of nitrogens with one attached hydrogen (secondary N) is 2. The number of benzene rings is 1. The Kier molecular flexibility index (Phi) is 7.09. The minimum atomic E-state index is -0.767. The Hall–Kier alpha value is -2.58. The summed E-state index contributed by atoms with van der Waals surface area (Å²) in [6, 6.07) is 7.28. The number of rotatable bonds is 8. The Labute approximate surface area is 186 Å². The van der Waals surface area contributed by atoms with E-state index in [1.807, 2.05) is 25.1 Å². The lowest BCUT2D eigenvalue weighted by atomic mass is 9.95. The first-order valence-corrected chi connectivity index (χ1v) is 11.7. The summed E-state index contributed by atoms with van der Waals surface area (Å²) in [6.45, 7) is 3.90. The highest BCUT2D eigenvalue weighted by Crippen LogP contribution is 2.38. The molecule has 0 saturated heterocycles. The van der Waals surface area contributed by atoms with Gasteiger partial charge >= 0.3 is 0 Å². The van der Waals surface area contributed by atoms with E-state index in [0.29, 0.717) is 41.8 Å². The maximum Gasteiger partial charge on any atom is 0.269 e. The molecule has 2 N–H and O–H groups in total. The van der Waals surface area contributed by atoms with E-state index in [1.165, 1.54) is 16.2 Å². The molecule has 0 spiro atoms. The van der Waals surface area contributed by atoms with E-state index in [-0.39, 0.29) is 18.4 Å². The molecule has 2 aliphatic rings. The summed E-state index contributed by atoms with van der Waals surface area (Å²) >= 11 is 1.50. The van der Waals surface area contributed by atoms with Gasteiger partial charge in [0.1, 0.15) is 11.6 Å². The molecule has 1 atom stereocenters. The molecule has 2 amide bonds. The van der Waals surface area contributed by atoms with Crippen LogP contribution in [0.25, 0.3) is 0 Å². The van der Waals surface area contributed by atoms with Crippen molar-refractivity contribution in [2.75, 3.05) is 31.7 Å². The number of thiophene rings is 1. The van der Waals surface area contributed by atoms with Crippen LogP contribution in [0.15, 0.2) is 24.3 Å². The summed E-state index contributed by atoms with van der Waals surface area (Å²) in [6.07, 6.45) is 3.94. The molecule has 1 aliphatic heterocycles. The molecular weight excluding hydrogens is 416 g/mol. The van der Waals surface area contributed by atoms with Crippen LogP contribution in [-0.4, -0.2) is 44.3 Å². The average Bonchev–Trinajstić information content (AvgIpc) is 3.16. The molecule has 2 aromatic rings. The van der Waals surface area contributed by atoms with Gasteiger partial charge in [0.05, 0.1) is 5.56 Å². The number of carbonyl (C=O) groups excluding carboxylic acids is 2. The fourth-order valence-corrected chi connectivity index (χ4v) is 5.13. The molecule has 0 unspecified atom stereocenters. The molecule has 0 bridgehead atoms. The van der Waals surface area contributed by atoms with Crippen molar-refractivity contribution >= 4 is 28.2 Å². The number of fused-ring (bicyclic) bond motifs is 2. The molecule has 2 heterocycles. The number of ether oxygens (including phenoxy) is 3. The van der Waals surface area contributed by atoms with Crippen molar-refractivity contribution in [1.29, 1.82) is 0 Å². The van der Waals surface area contributed by atoms with Crippen LogP contribution in [0.4, 0.5) is 5.00 Å². The van der Waals surface area contributed by atoms with Gasteiger partial charge in [0.2, 0.25) is 6.10 Å². The van der Waals surface area contributed by atoms with Crippen molar-refractivity contribution < 1.29 is 23.8 Å². The van der Waals surface area contributed by atoms with Crippen LogP contribution < -0.4 is 20.1 Å². The van der Waals surface area contributed by atoms with Crippen LogP contribution >= 0.6 is 11.3 Å². The second-order valence-electron chi connectivity index (χ2n) is 7.57. The quantitative estimate of drug-likeness (QED) is 0.608. The van der Waals surface area contributed by atoms with E-state index in [1.54, 1.807) is 6.07 Å². The zero-order valence-corrected chi connectivity index (χ0v) is 18.5. The zero-order chi connectivity index (χ0) is 21.6. The molecule has 0 fully saturated rings. The van der Waals surface area contributed by atoms with Crippen molar-refractivity contribution in [3.8, 4) is 11.5 Å². The Morgan fingerprint density at radius 2 is 2.00 bits per heavy atom. The summed E-state index contributed by atoms with van der Waals surface area (Å²) in [5.74, 6) is 0.729. The zero-order valence-electron chi connectivity index (χ0n) is 17.7. The lowest BCUT2D eigenvalue weighted by molar-refractivity contribution is -0.125. The van der Waals surface area contributed by atoms with E-state index in [4.69, 9.17) is 14.2 Å². The highest BCUT2D eigenvalue weighted by Gasteiger charge is 2.31. The molecule has 1 aromatic heterocycles. The minimum Gasteiger partial charge on any atom is -0.485 e. The molecule has 0 saturated carbocycles. The summed E-state index contributed by atoms with van der Waals surface area (Å²) in [5.41, 5.74) is 1.67. The molecule has 166 valence electrons. The fraction of sp³-hybridized carbons (Fsp3) is 0.478.